The van der Waals surface area contributed by atoms with E-state index in [-0.39, 0.29) is 53.6 Å². The summed E-state index contributed by atoms with van der Waals surface area (Å²) in [5.41, 5.74) is 1.54. The molecule has 3 aliphatic rings. The van der Waals surface area contributed by atoms with Crippen LogP contribution in [0.25, 0.3) is 11.0 Å². The van der Waals surface area contributed by atoms with Gasteiger partial charge in [0.25, 0.3) is 0 Å². The van der Waals surface area contributed by atoms with Gasteiger partial charge < -0.3 is 35.3 Å². The van der Waals surface area contributed by atoms with E-state index < -0.39 is 11.6 Å². The predicted molar refractivity (Wildman–Crippen MR) is 196 cm³/mol. The number of carbonyl (C=O) groups excluding carboxylic acids is 4. The summed E-state index contributed by atoms with van der Waals surface area (Å²) in [6.45, 7) is 10.4. The van der Waals surface area contributed by atoms with Gasteiger partial charge in [0.15, 0.2) is 0 Å². The maximum atomic E-state index is 12.6. The Bertz CT molecular complexity index is 1610. The van der Waals surface area contributed by atoms with Gasteiger partial charge in [-0.05, 0) is 89.3 Å². The highest BCUT2D eigenvalue weighted by Crippen LogP contribution is 2.45. The summed E-state index contributed by atoms with van der Waals surface area (Å²) in [5.74, 6) is 0.633. The summed E-state index contributed by atoms with van der Waals surface area (Å²) >= 11 is 1.90. The van der Waals surface area contributed by atoms with Gasteiger partial charge in [0.2, 0.25) is 11.8 Å². The molecule has 0 saturated carbocycles. The summed E-state index contributed by atoms with van der Waals surface area (Å²) in [5, 5.41) is 13.1. The van der Waals surface area contributed by atoms with Gasteiger partial charge >= 0.3 is 17.6 Å². The lowest BCUT2D eigenvalue weighted by Crippen LogP contribution is -2.49. The number of esters is 1. The fourth-order valence-electron chi connectivity index (χ4n) is 7.60. The minimum atomic E-state index is -0.716. The van der Waals surface area contributed by atoms with Crippen molar-refractivity contribution < 1.29 is 28.3 Å². The molecule has 2 aromatic rings. The Morgan fingerprint density at radius 3 is 2.42 bits per heavy atom. The zero-order chi connectivity index (χ0) is 35.8. The van der Waals surface area contributed by atoms with Crippen LogP contribution in [0.2, 0.25) is 0 Å². The number of benzene rings is 1. The van der Waals surface area contributed by atoms with Gasteiger partial charge in [-0.2, -0.15) is 11.8 Å². The summed E-state index contributed by atoms with van der Waals surface area (Å²) in [7, 11) is 0. The first kappa shape index (κ1) is 37.5. The lowest BCUT2D eigenvalue weighted by Gasteiger charge is -2.47. The maximum Gasteiger partial charge on any atom is 0.351 e. The number of rotatable bonds is 17. The molecule has 1 aromatic heterocycles. The summed E-state index contributed by atoms with van der Waals surface area (Å²) in [6, 6.07) is 5.84. The Kier molecular flexibility index (Phi) is 12.7. The number of fused-ring (bicyclic) bond motifs is 3. The lowest BCUT2D eigenvalue weighted by molar-refractivity contribution is -0.121. The predicted octanol–water partition coefficient (Wildman–Crippen LogP) is 4.97. The Morgan fingerprint density at radius 1 is 0.980 bits per heavy atom. The van der Waals surface area contributed by atoms with Gasteiger partial charge in [-0.25, -0.2) is 14.4 Å². The Hall–Kier alpha value is -3.74. The summed E-state index contributed by atoms with van der Waals surface area (Å²) < 4.78 is 10.6. The van der Waals surface area contributed by atoms with Crippen LogP contribution in [0, 0.1) is 0 Å². The van der Waals surface area contributed by atoms with Crippen LogP contribution in [-0.4, -0.2) is 78.7 Å². The molecule has 4 atom stereocenters. The molecule has 12 nitrogen and oxygen atoms in total. The molecule has 13 heteroatoms. The van der Waals surface area contributed by atoms with Crippen molar-refractivity contribution in [1.29, 1.82) is 0 Å². The van der Waals surface area contributed by atoms with E-state index in [4.69, 9.17) is 9.15 Å². The van der Waals surface area contributed by atoms with Crippen LogP contribution in [0.3, 0.4) is 0 Å². The molecular weight excluding hydrogens is 659 g/mol. The number of unbranched alkanes of at least 4 members (excludes halogenated alkanes) is 3. The molecule has 2 fully saturated rings. The quantitative estimate of drug-likeness (QED) is 0.0770. The monoisotopic (exact) mass is 711 g/mol. The molecule has 3 aliphatic heterocycles. The minimum Gasteiger partial charge on any atom is -0.462 e. The number of thioether (sulfide) groups is 1. The first-order chi connectivity index (χ1) is 24.0. The zero-order valence-electron chi connectivity index (χ0n) is 29.9. The van der Waals surface area contributed by atoms with Gasteiger partial charge in [0.1, 0.15) is 11.1 Å². The molecule has 4 N–H and O–H groups in total. The van der Waals surface area contributed by atoms with Gasteiger partial charge in [-0.3, -0.25) is 9.59 Å². The second-order valence-corrected chi connectivity index (χ2v) is 15.7. The number of ether oxygens (including phenoxy) is 1. The molecule has 0 bridgehead atoms. The average molecular weight is 712 g/mol. The number of anilines is 1. The van der Waals surface area contributed by atoms with E-state index in [0.29, 0.717) is 55.1 Å². The molecule has 0 aliphatic carbocycles. The van der Waals surface area contributed by atoms with Crippen LogP contribution in [-0.2, 0) is 14.3 Å². The lowest BCUT2D eigenvalue weighted by atomic mass is 9.79. The van der Waals surface area contributed by atoms with Crippen molar-refractivity contribution in [2.24, 2.45) is 0 Å². The largest absolute Gasteiger partial charge is 0.462 e. The summed E-state index contributed by atoms with van der Waals surface area (Å²) in [4.78, 5) is 63.6. The van der Waals surface area contributed by atoms with Crippen molar-refractivity contribution in [3.8, 4) is 0 Å². The van der Waals surface area contributed by atoms with Crippen LogP contribution in [0.4, 0.5) is 10.5 Å². The van der Waals surface area contributed by atoms with Crippen LogP contribution in [0.15, 0.2) is 27.4 Å². The number of urea groups is 1. The molecule has 1 aromatic carbocycles. The smallest absolute Gasteiger partial charge is 0.351 e. The van der Waals surface area contributed by atoms with E-state index in [1.165, 1.54) is 0 Å². The van der Waals surface area contributed by atoms with E-state index in [9.17, 15) is 24.0 Å². The topological polar surface area (TPSA) is 159 Å². The van der Waals surface area contributed by atoms with E-state index in [1.54, 1.807) is 13.0 Å². The summed E-state index contributed by atoms with van der Waals surface area (Å²) in [6.07, 6.45) is 8.01. The van der Waals surface area contributed by atoms with Crippen molar-refractivity contribution in [2.75, 3.05) is 36.9 Å². The highest BCUT2D eigenvalue weighted by Gasteiger charge is 2.42. The normalized spacial score (nSPS) is 22.0. The molecule has 4 amide bonds. The Labute approximate surface area is 298 Å². The Balaban J connectivity index is 0.974. The fourth-order valence-corrected chi connectivity index (χ4v) is 9.15. The van der Waals surface area contributed by atoms with E-state index in [2.05, 4.69) is 46.9 Å². The zero-order valence-corrected chi connectivity index (χ0v) is 30.7. The number of amides is 4. The van der Waals surface area contributed by atoms with Crippen LogP contribution < -0.4 is 31.8 Å². The van der Waals surface area contributed by atoms with E-state index in [0.717, 1.165) is 61.9 Å². The van der Waals surface area contributed by atoms with Crippen LogP contribution >= 0.6 is 11.8 Å². The van der Waals surface area contributed by atoms with E-state index in [1.807, 2.05) is 23.9 Å². The number of nitrogens with zero attached hydrogens (tertiary/aromatic N) is 1. The second-order valence-electron chi connectivity index (χ2n) is 14.4. The number of hydrogen-bond acceptors (Lipinski definition) is 9. The molecule has 50 heavy (non-hydrogen) atoms. The molecule has 0 radical (unpaired) electrons. The highest BCUT2D eigenvalue weighted by molar-refractivity contribution is 8.00. The van der Waals surface area contributed by atoms with Crippen LogP contribution in [0.1, 0.15) is 114 Å². The SMILES string of the molecule is CCOC(=O)c1cc2cc3c(cc2oc1=O)N(CCCC(=O)NCCCCCNC(=O)CCCC[C@@H]1SC[C@@H]2NC(=O)N[C@H]21)C(C)(C)C[C@@H]3C. The van der Waals surface area contributed by atoms with Crippen molar-refractivity contribution in [3.05, 3.63) is 39.7 Å². The molecule has 274 valence electrons. The number of carbonyl (C=O) groups is 4. The molecule has 0 unspecified atom stereocenters. The second kappa shape index (κ2) is 17.0. The van der Waals surface area contributed by atoms with Gasteiger partial charge in [0.05, 0.1) is 18.7 Å². The minimum absolute atomic E-state index is 0.0239. The van der Waals surface area contributed by atoms with Crippen LogP contribution in [0.5, 0.6) is 0 Å². The van der Waals surface area contributed by atoms with Crippen molar-refractivity contribution >= 4 is 52.2 Å². The van der Waals surface area contributed by atoms with E-state index >= 15 is 0 Å². The molecule has 4 heterocycles. The molecule has 2 saturated heterocycles. The molecule has 0 spiro atoms. The third kappa shape index (κ3) is 9.32. The first-order valence-corrected chi connectivity index (χ1v) is 19.3. The average Bonchev–Trinajstić information content (AvgIpc) is 3.62. The third-order valence-corrected chi connectivity index (χ3v) is 11.6. The maximum absolute atomic E-state index is 12.6. The molecule has 5 rings (SSSR count). The highest BCUT2D eigenvalue weighted by atomic mass is 32.2. The number of nitrogens with one attached hydrogen (secondary N) is 4. The van der Waals surface area contributed by atoms with Crippen molar-refractivity contribution in [3.63, 3.8) is 0 Å². The van der Waals surface area contributed by atoms with Gasteiger partial charge in [-0.15, -0.1) is 0 Å². The standard InChI is InChI=1S/C37H53N5O7S/c1-5-48-34(45)26-19-24-18-25-23(2)21-37(3,4)42(28(25)20-29(24)49-35(26)46)17-11-14-32(44)39-16-10-6-9-15-38-31(43)13-8-7-12-30-33-27(22-50-30)40-36(47)41-33/h18-20,23,27,30,33H,5-17,21-22H2,1-4H3,(H,38,43)(H,39,44)(H2,40,41,47)/t23-,27-,30-,33+/m0/s1. The van der Waals surface area contributed by atoms with Gasteiger partial charge in [-0.1, -0.05) is 13.3 Å². The fraction of sp³-hybridized carbons (Fsp3) is 0.649. The number of hydrogen-bond donors (Lipinski definition) is 4. The van der Waals surface area contributed by atoms with Crippen molar-refractivity contribution in [2.45, 2.75) is 121 Å². The molecular formula is C37H53N5O7S. The first-order valence-electron chi connectivity index (χ1n) is 18.3. The third-order valence-electron chi connectivity index (χ3n) is 10.1. The Morgan fingerprint density at radius 2 is 1.70 bits per heavy atom. The van der Waals surface area contributed by atoms with Crippen molar-refractivity contribution in [1.82, 2.24) is 21.3 Å². The van der Waals surface area contributed by atoms with Gasteiger partial charge in [0, 0.05) is 66.2 Å².